The van der Waals surface area contributed by atoms with Gasteiger partial charge in [-0.3, -0.25) is 0 Å². The number of ether oxygens (including phenoxy) is 1. The quantitative estimate of drug-likeness (QED) is 0.469. The van der Waals surface area contributed by atoms with Gasteiger partial charge in [0.05, 0.1) is 12.1 Å². The SMILES string of the molecule is COC(=O)c1sc2cc(NC(=S)NCCc3ccccc3)ccc2c1Cl. The number of thiocarbonyl (C=S) groups is 1. The Morgan fingerprint density at radius 3 is 2.73 bits per heavy atom. The maximum atomic E-state index is 11.8. The molecule has 2 aromatic carbocycles. The molecule has 4 nitrogen and oxygen atoms in total. The van der Waals surface area contributed by atoms with Crippen LogP contribution in [0.15, 0.2) is 48.5 Å². The van der Waals surface area contributed by atoms with Crippen molar-refractivity contribution in [3.8, 4) is 0 Å². The number of hydrogen-bond donors (Lipinski definition) is 2. The standard InChI is InChI=1S/C19H17ClN2O2S2/c1-24-18(23)17-16(20)14-8-7-13(11-15(14)26-17)22-19(25)21-10-9-12-5-3-2-4-6-12/h2-8,11H,9-10H2,1H3,(H2,21,22,25). The zero-order valence-corrected chi connectivity index (χ0v) is 16.4. The third kappa shape index (κ3) is 4.33. The van der Waals surface area contributed by atoms with Crippen LogP contribution < -0.4 is 10.6 Å². The lowest BCUT2D eigenvalue weighted by molar-refractivity contribution is 0.0606. The van der Waals surface area contributed by atoms with Crippen LogP contribution in [0.3, 0.4) is 0 Å². The van der Waals surface area contributed by atoms with Gasteiger partial charge in [0, 0.05) is 22.3 Å². The Hall–Kier alpha value is -2.15. The minimum absolute atomic E-state index is 0.407. The Morgan fingerprint density at radius 1 is 1.23 bits per heavy atom. The minimum atomic E-state index is -0.427. The molecular formula is C19H17ClN2O2S2. The van der Waals surface area contributed by atoms with Gasteiger partial charge < -0.3 is 15.4 Å². The molecule has 26 heavy (non-hydrogen) atoms. The number of thiophene rings is 1. The number of methoxy groups -OCH3 is 1. The summed E-state index contributed by atoms with van der Waals surface area (Å²) in [5, 5.41) is 8.15. The van der Waals surface area contributed by atoms with Crippen LogP contribution in [0, 0.1) is 0 Å². The summed E-state index contributed by atoms with van der Waals surface area (Å²) in [6.07, 6.45) is 0.894. The van der Waals surface area contributed by atoms with E-state index in [-0.39, 0.29) is 0 Å². The van der Waals surface area contributed by atoms with E-state index in [1.807, 2.05) is 36.4 Å². The van der Waals surface area contributed by atoms with Crippen LogP contribution in [0.25, 0.3) is 10.1 Å². The molecule has 0 unspecified atom stereocenters. The molecule has 2 N–H and O–H groups in total. The van der Waals surface area contributed by atoms with Crippen molar-refractivity contribution in [1.82, 2.24) is 5.32 Å². The van der Waals surface area contributed by atoms with Gasteiger partial charge in [0.25, 0.3) is 0 Å². The van der Waals surface area contributed by atoms with Gasteiger partial charge in [-0.25, -0.2) is 4.79 Å². The molecule has 1 heterocycles. The van der Waals surface area contributed by atoms with Gasteiger partial charge >= 0.3 is 5.97 Å². The Bertz CT molecular complexity index is 941. The zero-order chi connectivity index (χ0) is 18.5. The van der Waals surface area contributed by atoms with E-state index >= 15 is 0 Å². The number of anilines is 1. The van der Waals surface area contributed by atoms with Crippen LogP contribution in [0.4, 0.5) is 5.69 Å². The van der Waals surface area contributed by atoms with Gasteiger partial charge in [0.1, 0.15) is 4.88 Å². The zero-order valence-electron chi connectivity index (χ0n) is 14.0. The lowest BCUT2D eigenvalue weighted by Gasteiger charge is -2.10. The minimum Gasteiger partial charge on any atom is -0.465 e. The van der Waals surface area contributed by atoms with Crippen molar-refractivity contribution >= 4 is 62.0 Å². The maximum Gasteiger partial charge on any atom is 0.349 e. The number of rotatable bonds is 5. The van der Waals surface area contributed by atoms with Crippen LogP contribution in [0.5, 0.6) is 0 Å². The Kier molecular flexibility index (Phi) is 6.08. The molecule has 0 aliphatic rings. The molecule has 0 spiro atoms. The van der Waals surface area contributed by atoms with Crippen LogP contribution in [-0.2, 0) is 11.2 Å². The molecule has 0 fully saturated rings. The number of halogens is 1. The third-order valence-corrected chi connectivity index (χ3v) is 5.68. The maximum absolute atomic E-state index is 11.8. The largest absolute Gasteiger partial charge is 0.465 e. The van der Waals surface area contributed by atoms with Crippen molar-refractivity contribution < 1.29 is 9.53 Å². The smallest absolute Gasteiger partial charge is 0.349 e. The molecule has 3 rings (SSSR count). The van der Waals surface area contributed by atoms with E-state index in [1.54, 1.807) is 0 Å². The topological polar surface area (TPSA) is 50.4 Å². The van der Waals surface area contributed by atoms with Crippen molar-refractivity contribution in [2.24, 2.45) is 0 Å². The predicted molar refractivity (Wildman–Crippen MR) is 113 cm³/mol. The number of nitrogens with one attached hydrogen (secondary N) is 2. The van der Waals surface area contributed by atoms with Gasteiger partial charge in [-0.2, -0.15) is 0 Å². The fraction of sp³-hybridized carbons (Fsp3) is 0.158. The van der Waals surface area contributed by atoms with Gasteiger partial charge in [0.2, 0.25) is 0 Å². The molecule has 0 saturated carbocycles. The van der Waals surface area contributed by atoms with E-state index in [1.165, 1.54) is 24.0 Å². The first kappa shape index (κ1) is 18.6. The van der Waals surface area contributed by atoms with Gasteiger partial charge in [0.15, 0.2) is 5.11 Å². The summed E-state index contributed by atoms with van der Waals surface area (Å²) in [6, 6.07) is 15.9. The summed E-state index contributed by atoms with van der Waals surface area (Å²) in [5.41, 5.74) is 2.09. The molecule has 0 aliphatic heterocycles. The number of carbonyl (C=O) groups is 1. The number of hydrogen-bond acceptors (Lipinski definition) is 4. The van der Waals surface area contributed by atoms with Crippen molar-refractivity contribution in [3.05, 3.63) is 64.0 Å². The lowest BCUT2D eigenvalue weighted by atomic mass is 10.1. The predicted octanol–water partition coefficient (Wildman–Crippen LogP) is 4.87. The summed E-state index contributed by atoms with van der Waals surface area (Å²) in [6.45, 7) is 0.745. The van der Waals surface area contributed by atoms with E-state index in [2.05, 4.69) is 22.8 Å². The van der Waals surface area contributed by atoms with Crippen molar-refractivity contribution in [2.45, 2.75) is 6.42 Å². The highest BCUT2D eigenvalue weighted by Gasteiger charge is 2.17. The molecule has 0 saturated heterocycles. The van der Waals surface area contributed by atoms with E-state index in [9.17, 15) is 4.79 Å². The molecular weight excluding hydrogens is 388 g/mol. The highest BCUT2D eigenvalue weighted by molar-refractivity contribution is 7.80. The Labute approximate surface area is 166 Å². The molecule has 0 aliphatic carbocycles. The fourth-order valence-electron chi connectivity index (χ4n) is 2.51. The molecule has 0 radical (unpaired) electrons. The second kappa shape index (κ2) is 8.49. The average Bonchev–Trinajstić information content (AvgIpc) is 2.98. The van der Waals surface area contributed by atoms with Gasteiger partial charge in [-0.05, 0) is 42.4 Å². The van der Waals surface area contributed by atoms with Crippen LogP contribution in [0.1, 0.15) is 15.2 Å². The van der Waals surface area contributed by atoms with Gasteiger partial charge in [-0.1, -0.05) is 41.9 Å². The molecule has 7 heteroatoms. The molecule has 0 atom stereocenters. The first-order chi connectivity index (χ1) is 12.6. The molecule has 3 aromatic rings. The number of carbonyl (C=O) groups excluding carboxylic acids is 1. The van der Waals surface area contributed by atoms with Crippen molar-refractivity contribution in [3.63, 3.8) is 0 Å². The lowest BCUT2D eigenvalue weighted by Crippen LogP contribution is -2.30. The molecule has 0 amide bonds. The first-order valence-electron chi connectivity index (χ1n) is 7.97. The van der Waals surface area contributed by atoms with Gasteiger partial charge in [-0.15, -0.1) is 11.3 Å². The summed E-state index contributed by atoms with van der Waals surface area (Å²) < 4.78 is 5.66. The second-order valence-electron chi connectivity index (χ2n) is 5.56. The van der Waals surface area contributed by atoms with Crippen LogP contribution in [-0.4, -0.2) is 24.7 Å². The fourth-order valence-corrected chi connectivity index (χ4v) is 4.19. The summed E-state index contributed by atoms with van der Waals surface area (Å²) in [5.74, 6) is -0.427. The monoisotopic (exact) mass is 404 g/mol. The molecule has 0 bridgehead atoms. The average molecular weight is 405 g/mol. The molecule has 1 aromatic heterocycles. The second-order valence-corrected chi connectivity index (χ2v) is 7.40. The Balaban J connectivity index is 1.63. The number of esters is 1. The summed E-state index contributed by atoms with van der Waals surface area (Å²) in [4.78, 5) is 12.2. The van der Waals surface area contributed by atoms with E-state index in [0.717, 1.165) is 28.7 Å². The highest BCUT2D eigenvalue weighted by atomic mass is 35.5. The summed E-state index contributed by atoms with van der Waals surface area (Å²) >= 11 is 12.9. The Morgan fingerprint density at radius 2 is 2.00 bits per heavy atom. The van der Waals surface area contributed by atoms with E-state index in [4.69, 9.17) is 28.6 Å². The normalized spacial score (nSPS) is 10.5. The van der Waals surface area contributed by atoms with E-state index < -0.39 is 5.97 Å². The van der Waals surface area contributed by atoms with E-state index in [0.29, 0.717) is 15.0 Å². The van der Waals surface area contributed by atoms with Crippen LogP contribution >= 0.6 is 35.2 Å². The third-order valence-electron chi connectivity index (χ3n) is 3.80. The first-order valence-corrected chi connectivity index (χ1v) is 9.58. The van der Waals surface area contributed by atoms with Crippen LogP contribution in [0.2, 0.25) is 5.02 Å². The molecule has 134 valence electrons. The van der Waals surface area contributed by atoms with Crippen molar-refractivity contribution in [2.75, 3.05) is 19.0 Å². The highest BCUT2D eigenvalue weighted by Crippen LogP contribution is 2.37. The number of fused-ring (bicyclic) bond motifs is 1. The van der Waals surface area contributed by atoms with Crippen molar-refractivity contribution in [1.29, 1.82) is 0 Å². The number of benzene rings is 2. The summed E-state index contributed by atoms with van der Waals surface area (Å²) in [7, 11) is 1.34.